The molecule has 0 bridgehead atoms. The molecule has 0 aromatic carbocycles. The number of carbonyl (C=O) groups excluding carboxylic acids is 1. The summed E-state index contributed by atoms with van der Waals surface area (Å²) in [6, 6.07) is 3.71. The number of aromatic nitrogens is 1. The highest BCUT2D eigenvalue weighted by atomic mass is 16.3. The lowest BCUT2D eigenvalue weighted by molar-refractivity contribution is -0.138. The first-order valence-electron chi connectivity index (χ1n) is 7.02. The number of likely N-dealkylation sites (N-methyl/N-ethyl adjacent to an activating group) is 1. The molecule has 1 unspecified atom stereocenters. The van der Waals surface area contributed by atoms with Crippen molar-refractivity contribution in [3.05, 3.63) is 30.1 Å². The summed E-state index contributed by atoms with van der Waals surface area (Å²) < 4.78 is 0. The lowest BCUT2D eigenvalue weighted by Gasteiger charge is -2.40. The normalized spacial score (nSPS) is 23.1. The van der Waals surface area contributed by atoms with Crippen LogP contribution in [0.15, 0.2) is 24.5 Å². The van der Waals surface area contributed by atoms with E-state index in [2.05, 4.69) is 4.98 Å². The molecule has 1 fully saturated rings. The van der Waals surface area contributed by atoms with Crippen molar-refractivity contribution in [3.63, 3.8) is 0 Å². The van der Waals surface area contributed by atoms with Crippen molar-refractivity contribution in [2.24, 2.45) is 0 Å². The number of hydrogen-bond donors (Lipinski definition) is 1. The monoisotopic (exact) mass is 277 g/mol. The minimum Gasteiger partial charge on any atom is -0.387 e. The van der Waals surface area contributed by atoms with Crippen molar-refractivity contribution >= 4 is 5.91 Å². The Morgan fingerprint density at radius 1 is 1.45 bits per heavy atom. The maximum absolute atomic E-state index is 12.3. The highest BCUT2D eigenvalue weighted by molar-refractivity contribution is 5.78. The first kappa shape index (κ1) is 14.9. The second-order valence-electron chi connectivity index (χ2n) is 5.91. The zero-order valence-electron chi connectivity index (χ0n) is 12.2. The van der Waals surface area contributed by atoms with Gasteiger partial charge in [-0.15, -0.1) is 0 Å². The van der Waals surface area contributed by atoms with Gasteiger partial charge in [0, 0.05) is 25.5 Å². The van der Waals surface area contributed by atoms with E-state index in [0.29, 0.717) is 19.5 Å². The fraction of sp³-hybridized carbons (Fsp3) is 0.600. The lowest BCUT2D eigenvalue weighted by Crippen LogP contribution is -2.55. The Morgan fingerprint density at radius 3 is 2.80 bits per heavy atom. The van der Waals surface area contributed by atoms with Gasteiger partial charge in [0.25, 0.3) is 0 Å². The zero-order valence-corrected chi connectivity index (χ0v) is 12.2. The topological polar surface area (TPSA) is 56.7 Å². The molecule has 1 aliphatic rings. The van der Waals surface area contributed by atoms with E-state index in [1.165, 1.54) is 0 Å². The summed E-state index contributed by atoms with van der Waals surface area (Å²) >= 11 is 0. The molecule has 5 nitrogen and oxygen atoms in total. The SMILES string of the molecule is CN(C)CC1(O)CCCN(C(=O)Cc2ccncc2)C1. The Kier molecular flexibility index (Phi) is 4.73. The van der Waals surface area contributed by atoms with Gasteiger partial charge in [0.2, 0.25) is 5.91 Å². The van der Waals surface area contributed by atoms with Gasteiger partial charge in [-0.1, -0.05) is 0 Å². The van der Waals surface area contributed by atoms with Gasteiger partial charge < -0.3 is 14.9 Å². The molecule has 0 radical (unpaired) electrons. The van der Waals surface area contributed by atoms with Gasteiger partial charge in [-0.25, -0.2) is 0 Å². The molecule has 1 aromatic heterocycles. The van der Waals surface area contributed by atoms with Crippen LogP contribution >= 0.6 is 0 Å². The number of likely N-dealkylation sites (tertiary alicyclic amines) is 1. The van der Waals surface area contributed by atoms with Crippen LogP contribution in [0.5, 0.6) is 0 Å². The van der Waals surface area contributed by atoms with Gasteiger partial charge in [-0.2, -0.15) is 0 Å². The number of pyridine rings is 1. The van der Waals surface area contributed by atoms with E-state index in [-0.39, 0.29) is 5.91 Å². The summed E-state index contributed by atoms with van der Waals surface area (Å²) in [5.41, 5.74) is 0.182. The minimum absolute atomic E-state index is 0.0769. The third-order valence-corrected chi connectivity index (χ3v) is 3.62. The Bertz CT molecular complexity index is 450. The molecule has 1 N–H and O–H groups in total. The summed E-state index contributed by atoms with van der Waals surface area (Å²) in [5.74, 6) is 0.0769. The zero-order chi connectivity index (χ0) is 14.6. The van der Waals surface area contributed by atoms with Crippen molar-refractivity contribution in [1.29, 1.82) is 0 Å². The quantitative estimate of drug-likeness (QED) is 0.873. The molecule has 0 aliphatic carbocycles. The molecule has 0 saturated carbocycles. The summed E-state index contributed by atoms with van der Waals surface area (Å²) in [6.45, 7) is 1.75. The second-order valence-corrected chi connectivity index (χ2v) is 5.91. The third kappa shape index (κ3) is 4.02. The van der Waals surface area contributed by atoms with E-state index in [1.807, 2.05) is 31.1 Å². The van der Waals surface area contributed by atoms with Crippen molar-refractivity contribution in [2.45, 2.75) is 24.9 Å². The second kappa shape index (κ2) is 6.33. The van der Waals surface area contributed by atoms with Crippen molar-refractivity contribution in [3.8, 4) is 0 Å². The number of carbonyl (C=O) groups is 1. The molecule has 1 saturated heterocycles. The van der Waals surface area contributed by atoms with E-state index in [9.17, 15) is 9.90 Å². The largest absolute Gasteiger partial charge is 0.387 e. The fourth-order valence-electron chi connectivity index (χ4n) is 2.83. The predicted octanol–water partition coefficient (Wildman–Crippen LogP) is 0.539. The molecule has 20 heavy (non-hydrogen) atoms. The maximum atomic E-state index is 12.3. The number of rotatable bonds is 4. The molecular weight excluding hydrogens is 254 g/mol. The molecule has 0 spiro atoms. The van der Waals surface area contributed by atoms with E-state index >= 15 is 0 Å². The van der Waals surface area contributed by atoms with Crippen LogP contribution in [0.2, 0.25) is 0 Å². The van der Waals surface area contributed by atoms with Crippen LogP contribution in [0.1, 0.15) is 18.4 Å². The molecule has 5 heteroatoms. The van der Waals surface area contributed by atoms with Crippen LogP contribution in [-0.4, -0.2) is 65.1 Å². The summed E-state index contributed by atoms with van der Waals surface area (Å²) in [5, 5.41) is 10.6. The number of piperidine rings is 1. The number of amides is 1. The first-order valence-corrected chi connectivity index (χ1v) is 7.02. The smallest absolute Gasteiger partial charge is 0.227 e. The molecule has 2 heterocycles. The van der Waals surface area contributed by atoms with Crippen molar-refractivity contribution in [2.75, 3.05) is 33.7 Å². The molecule has 2 rings (SSSR count). The average Bonchev–Trinajstić information content (AvgIpc) is 2.38. The molecule has 1 aromatic rings. The standard InChI is InChI=1S/C15H23N3O2/c1-17(2)11-15(20)6-3-9-18(12-15)14(19)10-13-4-7-16-8-5-13/h4-5,7-8,20H,3,6,9-12H2,1-2H3. The molecule has 1 atom stereocenters. The third-order valence-electron chi connectivity index (χ3n) is 3.62. The molecule has 1 amide bonds. The molecule has 110 valence electrons. The van der Waals surface area contributed by atoms with Gasteiger partial charge in [0.05, 0.1) is 18.6 Å². The number of β-amino-alcohol motifs (C(OH)–C–C–N with tert-alkyl or cyclic N) is 1. The summed E-state index contributed by atoms with van der Waals surface area (Å²) in [7, 11) is 3.88. The van der Waals surface area contributed by atoms with Gasteiger partial charge in [0.1, 0.15) is 0 Å². The van der Waals surface area contributed by atoms with Crippen LogP contribution in [0.25, 0.3) is 0 Å². The van der Waals surface area contributed by atoms with Gasteiger partial charge >= 0.3 is 0 Å². The van der Waals surface area contributed by atoms with Crippen LogP contribution in [-0.2, 0) is 11.2 Å². The predicted molar refractivity (Wildman–Crippen MR) is 77.3 cm³/mol. The minimum atomic E-state index is -0.782. The number of hydrogen-bond acceptors (Lipinski definition) is 4. The highest BCUT2D eigenvalue weighted by Crippen LogP contribution is 2.22. The highest BCUT2D eigenvalue weighted by Gasteiger charge is 2.35. The summed E-state index contributed by atoms with van der Waals surface area (Å²) in [6.07, 6.45) is 5.37. The number of aliphatic hydroxyl groups is 1. The molecular formula is C15H23N3O2. The Balaban J connectivity index is 1.96. The van der Waals surface area contributed by atoms with E-state index in [0.717, 1.165) is 24.9 Å². The Hall–Kier alpha value is -1.46. The van der Waals surface area contributed by atoms with Crippen LogP contribution in [0.4, 0.5) is 0 Å². The Morgan fingerprint density at radius 2 is 2.15 bits per heavy atom. The summed E-state index contributed by atoms with van der Waals surface area (Å²) in [4.78, 5) is 20.0. The first-order chi connectivity index (χ1) is 9.48. The van der Waals surface area contributed by atoms with Gasteiger partial charge in [-0.3, -0.25) is 9.78 Å². The average molecular weight is 277 g/mol. The fourth-order valence-corrected chi connectivity index (χ4v) is 2.83. The molecule has 1 aliphatic heterocycles. The van der Waals surface area contributed by atoms with Crippen molar-refractivity contribution < 1.29 is 9.90 Å². The van der Waals surface area contributed by atoms with E-state index in [1.54, 1.807) is 17.3 Å². The van der Waals surface area contributed by atoms with Crippen LogP contribution < -0.4 is 0 Å². The Labute approximate surface area is 120 Å². The van der Waals surface area contributed by atoms with E-state index < -0.39 is 5.60 Å². The van der Waals surface area contributed by atoms with Crippen LogP contribution in [0, 0.1) is 0 Å². The van der Waals surface area contributed by atoms with Crippen LogP contribution in [0.3, 0.4) is 0 Å². The van der Waals surface area contributed by atoms with Gasteiger partial charge in [0.15, 0.2) is 0 Å². The van der Waals surface area contributed by atoms with E-state index in [4.69, 9.17) is 0 Å². The maximum Gasteiger partial charge on any atom is 0.227 e. The number of nitrogens with zero attached hydrogens (tertiary/aromatic N) is 3. The van der Waals surface area contributed by atoms with Gasteiger partial charge in [-0.05, 0) is 44.6 Å². The lowest BCUT2D eigenvalue weighted by atomic mass is 9.92. The van der Waals surface area contributed by atoms with Crippen molar-refractivity contribution in [1.82, 2.24) is 14.8 Å².